The van der Waals surface area contributed by atoms with Gasteiger partial charge in [-0.1, -0.05) is 30.3 Å². The molecule has 5 heteroatoms. The van der Waals surface area contributed by atoms with Crippen molar-refractivity contribution in [1.29, 1.82) is 0 Å². The molecule has 22 heavy (non-hydrogen) atoms. The predicted molar refractivity (Wildman–Crippen MR) is 89.9 cm³/mol. The summed E-state index contributed by atoms with van der Waals surface area (Å²) in [5.74, 6) is 0. The van der Waals surface area contributed by atoms with Crippen molar-refractivity contribution in [3.63, 3.8) is 0 Å². The van der Waals surface area contributed by atoms with Crippen LogP contribution in [0.1, 0.15) is 38.8 Å². The first-order valence-electron chi connectivity index (χ1n) is 7.26. The number of benzene rings is 1. The third-order valence-electron chi connectivity index (χ3n) is 2.70. The Balaban J connectivity index is 2.50. The monoisotopic (exact) mass is 303 g/mol. The third-order valence-corrected chi connectivity index (χ3v) is 2.70. The number of hydrazine groups is 1. The van der Waals surface area contributed by atoms with Crippen LogP contribution >= 0.6 is 0 Å². The van der Waals surface area contributed by atoms with Crippen LogP contribution in [0.5, 0.6) is 0 Å². The van der Waals surface area contributed by atoms with Crippen LogP contribution in [0.25, 0.3) is 0 Å². The van der Waals surface area contributed by atoms with Gasteiger partial charge in [-0.3, -0.25) is 10.4 Å². The van der Waals surface area contributed by atoms with E-state index >= 15 is 0 Å². The zero-order valence-electron chi connectivity index (χ0n) is 13.9. The number of carbonyl (C=O) groups is 1. The average Bonchev–Trinajstić information content (AvgIpc) is 2.44. The number of hydrogen-bond acceptors (Lipinski definition) is 4. The molecule has 0 aliphatic carbocycles. The van der Waals surface area contributed by atoms with Gasteiger partial charge in [0.05, 0.1) is 5.71 Å². The number of rotatable bonds is 5. The Labute approximate surface area is 132 Å². The number of carbonyl (C=O) groups excluding carboxylic acids is 1. The number of hydrogen-bond donors (Lipinski definition) is 2. The minimum atomic E-state index is -0.504. The molecular formula is C17H25N3O2. The molecule has 0 saturated heterocycles. The van der Waals surface area contributed by atoms with Crippen molar-refractivity contribution in [3.8, 4) is 0 Å². The molecule has 0 unspecified atom stereocenters. The van der Waals surface area contributed by atoms with E-state index in [2.05, 4.69) is 15.8 Å². The lowest BCUT2D eigenvalue weighted by molar-refractivity contribution is 0.0497. The van der Waals surface area contributed by atoms with Crippen LogP contribution in [0.15, 0.2) is 41.4 Å². The van der Waals surface area contributed by atoms with Crippen molar-refractivity contribution in [2.24, 2.45) is 4.99 Å². The maximum atomic E-state index is 11.5. The summed E-state index contributed by atoms with van der Waals surface area (Å²) in [5, 5.41) is 0. The second-order valence-corrected chi connectivity index (χ2v) is 5.79. The fourth-order valence-electron chi connectivity index (χ4n) is 1.77. The zero-order valence-corrected chi connectivity index (χ0v) is 13.9. The van der Waals surface area contributed by atoms with Gasteiger partial charge in [-0.2, -0.15) is 0 Å². The highest BCUT2D eigenvalue weighted by molar-refractivity contribution is 6.08. The summed E-state index contributed by atoms with van der Waals surface area (Å²) in [6, 6.07) is 8.00. The van der Waals surface area contributed by atoms with E-state index in [-0.39, 0.29) is 0 Å². The van der Waals surface area contributed by atoms with E-state index in [0.29, 0.717) is 6.54 Å². The van der Waals surface area contributed by atoms with Crippen molar-refractivity contribution in [3.05, 3.63) is 47.5 Å². The Hall–Kier alpha value is -2.14. The van der Waals surface area contributed by atoms with Crippen molar-refractivity contribution in [2.75, 3.05) is 7.05 Å². The van der Waals surface area contributed by atoms with Gasteiger partial charge >= 0.3 is 6.09 Å². The van der Waals surface area contributed by atoms with Gasteiger partial charge in [-0.15, -0.1) is 0 Å². The molecule has 1 amide bonds. The second kappa shape index (κ2) is 8.34. The van der Waals surface area contributed by atoms with E-state index in [1.807, 2.05) is 64.1 Å². The van der Waals surface area contributed by atoms with E-state index in [1.54, 1.807) is 7.05 Å². The van der Waals surface area contributed by atoms with Gasteiger partial charge in [0.15, 0.2) is 0 Å². The molecule has 0 saturated carbocycles. The molecule has 0 bridgehead atoms. The molecule has 0 heterocycles. The van der Waals surface area contributed by atoms with Crippen LogP contribution in [-0.2, 0) is 11.3 Å². The Bertz CT molecular complexity index is 540. The van der Waals surface area contributed by atoms with Crippen molar-refractivity contribution in [1.82, 2.24) is 10.9 Å². The average molecular weight is 303 g/mol. The predicted octanol–water partition coefficient (Wildman–Crippen LogP) is 3.21. The summed E-state index contributed by atoms with van der Waals surface area (Å²) in [6.07, 6.45) is 3.44. The lowest BCUT2D eigenvalue weighted by Gasteiger charge is -2.19. The molecule has 0 aliphatic rings. The first-order valence-corrected chi connectivity index (χ1v) is 7.26. The van der Waals surface area contributed by atoms with Gasteiger partial charge in [0.2, 0.25) is 0 Å². The maximum Gasteiger partial charge on any atom is 0.422 e. The molecule has 0 spiro atoms. The molecule has 5 nitrogen and oxygen atoms in total. The fraction of sp³-hybridized carbons (Fsp3) is 0.412. The minimum absolute atomic E-state index is 0.488. The summed E-state index contributed by atoms with van der Waals surface area (Å²) in [4.78, 5) is 15.7. The molecule has 0 atom stereocenters. The van der Waals surface area contributed by atoms with E-state index in [1.165, 1.54) is 0 Å². The van der Waals surface area contributed by atoms with Crippen LogP contribution < -0.4 is 10.9 Å². The van der Waals surface area contributed by atoms with Crippen LogP contribution in [0, 0.1) is 0 Å². The van der Waals surface area contributed by atoms with Crippen LogP contribution in [0.2, 0.25) is 0 Å². The molecular weight excluding hydrogens is 278 g/mol. The summed E-state index contributed by atoms with van der Waals surface area (Å²) in [5.41, 5.74) is 7.90. The minimum Gasteiger partial charge on any atom is -0.443 e. The number of nitrogens with zero attached hydrogens (tertiary/aromatic N) is 1. The van der Waals surface area contributed by atoms with Gasteiger partial charge in [0.1, 0.15) is 5.60 Å². The molecule has 0 fully saturated rings. The largest absolute Gasteiger partial charge is 0.443 e. The first kappa shape index (κ1) is 17.9. The number of nitrogens with one attached hydrogen (secondary N) is 2. The molecule has 1 aromatic rings. The second-order valence-electron chi connectivity index (χ2n) is 5.79. The molecule has 0 aromatic heterocycles. The number of ether oxygens (including phenoxy) is 1. The summed E-state index contributed by atoms with van der Waals surface area (Å²) in [6.45, 7) is 7.95. The van der Waals surface area contributed by atoms with Crippen LogP contribution in [0.3, 0.4) is 0 Å². The molecule has 2 N–H and O–H groups in total. The zero-order chi connectivity index (χ0) is 16.6. The molecule has 0 radical (unpaired) electrons. The standard InChI is InChI=1S/C17H25N3O2/c1-6-7-15(18-5)14-10-8-13(9-11-14)12-19-20-16(21)22-17(2,3)4/h6-11,19H,12H2,1-5H3,(H,20,21)/b7-6-,18-15?. The van der Waals surface area contributed by atoms with Crippen molar-refractivity contribution >= 4 is 11.8 Å². The van der Waals surface area contributed by atoms with Gasteiger partial charge in [0, 0.05) is 13.6 Å². The molecule has 0 aliphatic heterocycles. The van der Waals surface area contributed by atoms with E-state index in [4.69, 9.17) is 4.74 Å². The van der Waals surface area contributed by atoms with Crippen molar-refractivity contribution in [2.45, 2.75) is 39.8 Å². The van der Waals surface area contributed by atoms with E-state index < -0.39 is 11.7 Å². The highest BCUT2D eigenvalue weighted by atomic mass is 16.6. The third kappa shape index (κ3) is 6.54. The number of allylic oxidation sites excluding steroid dienone is 2. The highest BCUT2D eigenvalue weighted by Gasteiger charge is 2.15. The normalized spacial score (nSPS) is 12.5. The van der Waals surface area contributed by atoms with Crippen molar-refractivity contribution < 1.29 is 9.53 Å². The summed E-state index contributed by atoms with van der Waals surface area (Å²) >= 11 is 0. The quantitative estimate of drug-likeness (QED) is 0.648. The summed E-state index contributed by atoms with van der Waals surface area (Å²) in [7, 11) is 1.77. The molecule has 1 rings (SSSR count). The van der Waals surface area contributed by atoms with E-state index in [9.17, 15) is 4.79 Å². The Morgan fingerprint density at radius 3 is 2.41 bits per heavy atom. The fourth-order valence-corrected chi connectivity index (χ4v) is 1.77. The lowest BCUT2D eigenvalue weighted by atomic mass is 10.1. The molecule has 120 valence electrons. The van der Waals surface area contributed by atoms with Gasteiger partial charge in [-0.25, -0.2) is 10.2 Å². The highest BCUT2D eigenvalue weighted by Crippen LogP contribution is 2.07. The Kier molecular flexibility index (Phi) is 6.79. The topological polar surface area (TPSA) is 62.7 Å². The Morgan fingerprint density at radius 2 is 1.91 bits per heavy atom. The number of aliphatic imine (C=N–C) groups is 1. The lowest BCUT2D eigenvalue weighted by Crippen LogP contribution is -2.40. The SMILES string of the molecule is C/C=C\C(=NC)c1ccc(CNNC(=O)OC(C)(C)C)cc1. The van der Waals surface area contributed by atoms with Crippen LogP contribution in [-0.4, -0.2) is 24.5 Å². The van der Waals surface area contributed by atoms with Gasteiger partial charge in [-0.05, 0) is 44.9 Å². The van der Waals surface area contributed by atoms with Gasteiger partial charge in [0.25, 0.3) is 0 Å². The Morgan fingerprint density at radius 1 is 1.27 bits per heavy atom. The number of amides is 1. The maximum absolute atomic E-state index is 11.5. The van der Waals surface area contributed by atoms with Gasteiger partial charge < -0.3 is 4.74 Å². The van der Waals surface area contributed by atoms with E-state index in [0.717, 1.165) is 16.8 Å². The molecule has 1 aromatic carbocycles. The smallest absolute Gasteiger partial charge is 0.422 e. The summed E-state index contributed by atoms with van der Waals surface area (Å²) < 4.78 is 5.13. The first-order chi connectivity index (χ1) is 10.4. The van der Waals surface area contributed by atoms with Crippen LogP contribution in [0.4, 0.5) is 4.79 Å².